The highest BCUT2D eigenvalue weighted by atomic mass is 79.9. The molecular weight excluding hydrogens is 363 g/mol. The van der Waals surface area contributed by atoms with Crippen molar-refractivity contribution in [2.45, 2.75) is 17.2 Å². The van der Waals surface area contributed by atoms with Crippen LogP contribution < -0.4 is 0 Å². The lowest BCUT2D eigenvalue weighted by molar-refractivity contribution is -0.137. The van der Waals surface area contributed by atoms with Crippen LogP contribution in [0, 0.1) is 0 Å². The number of benzene rings is 1. The van der Waals surface area contributed by atoms with E-state index in [4.69, 9.17) is 4.74 Å². The van der Waals surface area contributed by atoms with Crippen LogP contribution in [0.4, 0.5) is 13.2 Å². The van der Waals surface area contributed by atoms with Gasteiger partial charge in [-0.15, -0.1) is 0 Å². The molecule has 4 nitrogen and oxygen atoms in total. The summed E-state index contributed by atoms with van der Waals surface area (Å²) in [6.07, 6.45) is -4.65. The molecule has 9 heteroatoms. The van der Waals surface area contributed by atoms with Crippen LogP contribution in [0.15, 0.2) is 27.6 Å². The van der Waals surface area contributed by atoms with Gasteiger partial charge in [-0.25, -0.2) is 8.42 Å². The molecule has 20 heavy (non-hydrogen) atoms. The van der Waals surface area contributed by atoms with Crippen molar-refractivity contribution in [3.8, 4) is 0 Å². The van der Waals surface area contributed by atoms with Crippen molar-refractivity contribution in [1.82, 2.24) is 4.31 Å². The lowest BCUT2D eigenvalue weighted by atomic mass is 10.2. The Hall–Kier alpha value is -0.640. The Morgan fingerprint density at radius 2 is 2.05 bits per heavy atom. The van der Waals surface area contributed by atoms with Crippen LogP contribution in [0.3, 0.4) is 0 Å². The van der Waals surface area contributed by atoms with Crippen LogP contribution in [0.1, 0.15) is 5.56 Å². The topological polar surface area (TPSA) is 49.9 Å². The molecule has 0 aromatic heterocycles. The number of alkyl halides is 3. The smallest absolute Gasteiger partial charge is 0.372 e. The average molecular weight is 374 g/mol. The predicted octanol–water partition coefficient (Wildman–Crippen LogP) is 2.49. The number of nitrogens with zero attached hydrogens (tertiary/aromatic N) is 1. The lowest BCUT2D eigenvalue weighted by Gasteiger charge is -2.17. The molecule has 1 aromatic rings. The molecule has 1 aliphatic rings. The number of likely N-dealkylation sites (N-methyl/N-ethyl adjacent to an activating group) is 1. The van der Waals surface area contributed by atoms with Crippen molar-refractivity contribution in [3.05, 3.63) is 28.2 Å². The number of sulfonamides is 1. The zero-order valence-corrected chi connectivity index (χ0v) is 12.7. The van der Waals surface area contributed by atoms with E-state index in [1.165, 1.54) is 7.05 Å². The summed E-state index contributed by atoms with van der Waals surface area (Å²) in [5.41, 5.74) is -0.906. The van der Waals surface area contributed by atoms with E-state index in [0.29, 0.717) is 6.61 Å². The molecule has 2 rings (SSSR count). The van der Waals surface area contributed by atoms with E-state index in [9.17, 15) is 21.6 Å². The second-order valence-corrected chi connectivity index (χ2v) is 7.25. The quantitative estimate of drug-likeness (QED) is 0.761. The number of hydrogen-bond donors (Lipinski definition) is 0. The van der Waals surface area contributed by atoms with E-state index in [-0.39, 0.29) is 22.0 Å². The minimum atomic E-state index is -4.52. The van der Waals surface area contributed by atoms with Gasteiger partial charge in [0.05, 0.1) is 23.2 Å². The maximum Gasteiger partial charge on any atom is 0.416 e. The van der Waals surface area contributed by atoms with Crippen LogP contribution in [0.2, 0.25) is 0 Å². The lowest BCUT2D eigenvalue weighted by Crippen LogP contribution is -2.30. The molecule has 1 fully saturated rings. The fraction of sp³-hybridized carbons (Fsp3) is 0.455. The van der Waals surface area contributed by atoms with Gasteiger partial charge in [-0.1, -0.05) is 0 Å². The molecule has 0 bridgehead atoms. The summed E-state index contributed by atoms with van der Waals surface area (Å²) < 4.78 is 68.0. The molecule has 1 aliphatic heterocycles. The average Bonchev–Trinajstić information content (AvgIpc) is 3.11. The van der Waals surface area contributed by atoms with Gasteiger partial charge < -0.3 is 4.74 Å². The predicted molar refractivity (Wildman–Crippen MR) is 68.7 cm³/mol. The maximum atomic E-state index is 12.5. The standard InChI is InChI=1S/C11H11BrF3NO3S/c1-16(5-8-6-19-8)20(17,18)10-3-2-7(4-9(10)12)11(13,14)15/h2-4,8H,5-6H2,1H3. The third kappa shape index (κ3) is 3.33. The molecule has 1 unspecified atom stereocenters. The third-order valence-corrected chi connectivity index (χ3v) is 5.61. The highest BCUT2D eigenvalue weighted by molar-refractivity contribution is 9.10. The van der Waals surface area contributed by atoms with E-state index in [2.05, 4.69) is 15.9 Å². The Morgan fingerprint density at radius 3 is 2.50 bits per heavy atom. The minimum absolute atomic E-state index is 0.115. The summed E-state index contributed by atoms with van der Waals surface area (Å²) in [6, 6.07) is 2.46. The van der Waals surface area contributed by atoms with Gasteiger partial charge in [0.25, 0.3) is 0 Å². The summed E-state index contributed by atoms with van der Waals surface area (Å²) in [4.78, 5) is -0.200. The molecule has 0 aliphatic carbocycles. The van der Waals surface area contributed by atoms with E-state index in [1.807, 2.05) is 0 Å². The summed E-state index contributed by atoms with van der Waals surface area (Å²) in [5.74, 6) is 0. The summed E-state index contributed by atoms with van der Waals surface area (Å²) in [5, 5.41) is 0. The van der Waals surface area contributed by atoms with Gasteiger partial charge in [-0.3, -0.25) is 0 Å². The molecule has 0 N–H and O–H groups in total. The summed E-state index contributed by atoms with van der Waals surface area (Å²) in [6.45, 7) is 0.670. The molecule has 0 amide bonds. The molecule has 0 radical (unpaired) electrons. The number of epoxide rings is 1. The summed E-state index contributed by atoms with van der Waals surface area (Å²) >= 11 is 2.89. The van der Waals surface area contributed by atoms with Crippen molar-refractivity contribution in [2.75, 3.05) is 20.2 Å². The van der Waals surface area contributed by atoms with Crippen molar-refractivity contribution >= 4 is 26.0 Å². The maximum absolute atomic E-state index is 12.5. The largest absolute Gasteiger partial charge is 0.416 e. The van der Waals surface area contributed by atoms with Gasteiger partial charge in [0.1, 0.15) is 0 Å². The van der Waals surface area contributed by atoms with Crippen LogP contribution in [-0.2, 0) is 20.9 Å². The molecule has 1 aromatic carbocycles. The Morgan fingerprint density at radius 1 is 1.45 bits per heavy atom. The molecule has 1 saturated heterocycles. The van der Waals surface area contributed by atoms with E-state index in [1.54, 1.807) is 0 Å². The SMILES string of the molecule is CN(CC1CO1)S(=O)(=O)c1ccc(C(F)(F)F)cc1Br. The Bertz CT molecular complexity index is 614. The van der Waals surface area contributed by atoms with Crippen molar-refractivity contribution in [2.24, 2.45) is 0 Å². The van der Waals surface area contributed by atoms with Gasteiger partial charge in [0.15, 0.2) is 0 Å². The number of ether oxygens (including phenoxy) is 1. The Balaban J connectivity index is 2.32. The third-order valence-electron chi connectivity index (χ3n) is 2.81. The van der Waals surface area contributed by atoms with E-state index < -0.39 is 21.8 Å². The normalized spacial score (nSPS) is 19.4. The molecule has 0 saturated carbocycles. The zero-order valence-electron chi connectivity index (χ0n) is 10.3. The monoisotopic (exact) mass is 373 g/mol. The zero-order chi connectivity index (χ0) is 15.1. The van der Waals surface area contributed by atoms with Gasteiger partial charge in [0.2, 0.25) is 10.0 Å². The fourth-order valence-electron chi connectivity index (χ4n) is 1.61. The molecule has 0 spiro atoms. The number of halogens is 4. The fourth-order valence-corrected chi connectivity index (χ4v) is 3.85. The first-order valence-corrected chi connectivity index (χ1v) is 7.80. The Labute approximate surface area is 122 Å². The highest BCUT2D eigenvalue weighted by Gasteiger charge is 2.34. The van der Waals surface area contributed by atoms with Crippen molar-refractivity contribution < 1.29 is 26.3 Å². The second kappa shape index (κ2) is 5.28. The second-order valence-electron chi connectivity index (χ2n) is 4.38. The summed E-state index contributed by atoms with van der Waals surface area (Å²) in [7, 11) is -2.49. The van der Waals surface area contributed by atoms with Crippen LogP contribution in [-0.4, -0.2) is 39.0 Å². The van der Waals surface area contributed by atoms with Crippen molar-refractivity contribution in [1.29, 1.82) is 0 Å². The van der Waals surface area contributed by atoms with Crippen molar-refractivity contribution in [3.63, 3.8) is 0 Å². The first-order valence-electron chi connectivity index (χ1n) is 5.57. The van der Waals surface area contributed by atoms with Gasteiger partial charge in [0, 0.05) is 18.1 Å². The number of hydrogen-bond acceptors (Lipinski definition) is 3. The first-order chi connectivity index (χ1) is 9.12. The van der Waals surface area contributed by atoms with Gasteiger partial charge in [-0.2, -0.15) is 17.5 Å². The highest BCUT2D eigenvalue weighted by Crippen LogP contribution is 2.34. The van der Waals surface area contributed by atoms with Crippen LogP contribution in [0.25, 0.3) is 0 Å². The minimum Gasteiger partial charge on any atom is -0.372 e. The molecule has 1 heterocycles. The first kappa shape index (κ1) is 15.7. The molecular formula is C11H11BrF3NO3S. The van der Waals surface area contributed by atoms with E-state index in [0.717, 1.165) is 22.5 Å². The van der Waals surface area contributed by atoms with Crippen LogP contribution in [0.5, 0.6) is 0 Å². The van der Waals surface area contributed by atoms with Gasteiger partial charge in [-0.05, 0) is 34.1 Å². The molecule has 112 valence electrons. The Kier molecular flexibility index (Phi) is 4.16. The molecule has 1 atom stereocenters. The van der Waals surface area contributed by atoms with E-state index >= 15 is 0 Å². The van der Waals surface area contributed by atoms with Gasteiger partial charge >= 0.3 is 6.18 Å². The van der Waals surface area contributed by atoms with Crippen LogP contribution >= 0.6 is 15.9 Å². The number of rotatable bonds is 4.